The molecule has 0 aliphatic heterocycles. The van der Waals surface area contributed by atoms with Crippen molar-refractivity contribution in [3.63, 3.8) is 0 Å². The molecule has 0 fully saturated rings. The molecule has 0 saturated heterocycles. The monoisotopic (exact) mass is 776 g/mol. The molecule has 1 amide bonds. The van der Waals surface area contributed by atoms with Crippen LogP contribution in [-0.4, -0.2) is 34.9 Å². The lowest BCUT2D eigenvalue weighted by Gasteiger charge is -2.20. The molecule has 0 aromatic carbocycles. The van der Waals surface area contributed by atoms with E-state index < -0.39 is 12.1 Å². The Labute approximate surface area is 347 Å². The smallest absolute Gasteiger partial charge is 0.220 e. The summed E-state index contributed by atoms with van der Waals surface area (Å²) in [6.07, 6.45) is 70.1. The van der Waals surface area contributed by atoms with Gasteiger partial charge in [-0.05, 0) is 77.0 Å². The van der Waals surface area contributed by atoms with Crippen LogP contribution in [0.4, 0.5) is 0 Å². The molecule has 2 unspecified atom stereocenters. The van der Waals surface area contributed by atoms with Crippen molar-refractivity contribution in [3.05, 3.63) is 97.2 Å². The predicted molar refractivity (Wildman–Crippen MR) is 248 cm³/mol. The Balaban J connectivity index is 3.45. The van der Waals surface area contributed by atoms with Crippen molar-refractivity contribution in [2.75, 3.05) is 6.61 Å². The summed E-state index contributed by atoms with van der Waals surface area (Å²) in [6, 6.07) is -0.621. The lowest BCUT2D eigenvalue weighted by Crippen LogP contribution is -2.45. The summed E-state index contributed by atoms with van der Waals surface area (Å²) in [5.41, 5.74) is 0. The van der Waals surface area contributed by atoms with E-state index in [0.29, 0.717) is 6.42 Å². The average molecular weight is 776 g/mol. The van der Waals surface area contributed by atoms with E-state index in [1.807, 2.05) is 6.08 Å². The van der Waals surface area contributed by atoms with Gasteiger partial charge in [-0.15, -0.1) is 0 Å². The number of aliphatic hydroxyl groups excluding tert-OH is 2. The van der Waals surface area contributed by atoms with Crippen LogP contribution in [0.3, 0.4) is 0 Å². The second-order valence-electron chi connectivity index (χ2n) is 15.4. The summed E-state index contributed by atoms with van der Waals surface area (Å²) in [5.74, 6) is -0.0742. The zero-order valence-corrected chi connectivity index (χ0v) is 36.6. The lowest BCUT2D eigenvalue weighted by molar-refractivity contribution is -0.123. The number of carbonyl (C=O) groups is 1. The molecular weight excluding hydrogens is 687 g/mol. The third-order valence-corrected chi connectivity index (χ3v) is 10.1. The molecule has 3 N–H and O–H groups in total. The molecule has 0 radical (unpaired) electrons. The molecule has 0 aromatic heterocycles. The minimum Gasteiger partial charge on any atom is -0.394 e. The molecule has 56 heavy (non-hydrogen) atoms. The first-order valence-corrected chi connectivity index (χ1v) is 23.5. The van der Waals surface area contributed by atoms with Gasteiger partial charge < -0.3 is 15.5 Å². The minimum absolute atomic E-state index is 0.0742. The Morgan fingerprint density at radius 3 is 1.18 bits per heavy atom. The van der Waals surface area contributed by atoms with Crippen LogP contribution in [0, 0.1) is 0 Å². The van der Waals surface area contributed by atoms with Gasteiger partial charge in [-0.25, -0.2) is 0 Å². The first-order chi connectivity index (χ1) is 27.7. The molecule has 320 valence electrons. The highest BCUT2D eigenvalue weighted by molar-refractivity contribution is 5.76. The molecule has 0 spiro atoms. The number of hydrogen-bond donors (Lipinski definition) is 3. The van der Waals surface area contributed by atoms with Crippen LogP contribution in [0.25, 0.3) is 0 Å². The Kier molecular flexibility index (Phi) is 44.4. The van der Waals surface area contributed by atoms with Gasteiger partial charge in [0.2, 0.25) is 5.91 Å². The van der Waals surface area contributed by atoms with Crippen molar-refractivity contribution in [1.29, 1.82) is 0 Å². The van der Waals surface area contributed by atoms with Crippen LogP contribution in [0.15, 0.2) is 97.2 Å². The number of carbonyl (C=O) groups excluding carboxylic acids is 1. The minimum atomic E-state index is -0.837. The molecule has 0 heterocycles. The van der Waals surface area contributed by atoms with Crippen LogP contribution in [0.5, 0.6) is 0 Å². The summed E-state index contributed by atoms with van der Waals surface area (Å²) < 4.78 is 0. The van der Waals surface area contributed by atoms with Crippen molar-refractivity contribution in [2.45, 2.75) is 219 Å². The molecule has 0 aliphatic rings. The molecule has 2 atom stereocenters. The number of amides is 1. The summed E-state index contributed by atoms with van der Waals surface area (Å²) in [7, 11) is 0. The quantitative estimate of drug-likeness (QED) is 0.0428. The van der Waals surface area contributed by atoms with E-state index in [4.69, 9.17) is 0 Å². The Morgan fingerprint density at radius 2 is 0.786 bits per heavy atom. The number of aliphatic hydroxyl groups is 2. The van der Waals surface area contributed by atoms with E-state index in [1.54, 1.807) is 6.08 Å². The van der Waals surface area contributed by atoms with Crippen molar-refractivity contribution in [1.82, 2.24) is 5.32 Å². The highest BCUT2D eigenvalue weighted by Gasteiger charge is 2.17. The van der Waals surface area contributed by atoms with Gasteiger partial charge in [0.1, 0.15) is 0 Å². The maximum atomic E-state index is 12.3. The van der Waals surface area contributed by atoms with Gasteiger partial charge in [0, 0.05) is 6.42 Å². The number of hydrogen-bond acceptors (Lipinski definition) is 3. The molecule has 0 aromatic rings. The normalized spacial score (nSPS) is 13.9. The van der Waals surface area contributed by atoms with Gasteiger partial charge in [-0.2, -0.15) is 0 Å². The molecule has 0 aliphatic carbocycles. The zero-order valence-electron chi connectivity index (χ0n) is 36.6. The summed E-state index contributed by atoms with van der Waals surface area (Å²) >= 11 is 0. The van der Waals surface area contributed by atoms with Crippen LogP contribution in [0.1, 0.15) is 206 Å². The Bertz CT molecular complexity index is 1060. The molecule has 4 heteroatoms. The summed E-state index contributed by atoms with van der Waals surface area (Å²) in [4.78, 5) is 12.3. The molecule has 0 rings (SSSR count). The van der Waals surface area contributed by atoms with E-state index in [2.05, 4.69) is 104 Å². The maximum Gasteiger partial charge on any atom is 0.220 e. The molecular formula is C52H89NO3. The number of rotatable bonds is 41. The van der Waals surface area contributed by atoms with E-state index in [9.17, 15) is 15.0 Å². The van der Waals surface area contributed by atoms with Gasteiger partial charge in [0.25, 0.3) is 0 Å². The fourth-order valence-corrected chi connectivity index (χ4v) is 6.51. The van der Waals surface area contributed by atoms with Crippen LogP contribution in [-0.2, 0) is 4.79 Å². The van der Waals surface area contributed by atoms with Crippen LogP contribution < -0.4 is 5.32 Å². The zero-order chi connectivity index (χ0) is 40.7. The Hall–Kier alpha value is -2.69. The number of unbranched alkanes of at least 4 members (excludes halogenated alkanes) is 20. The van der Waals surface area contributed by atoms with E-state index >= 15 is 0 Å². The third-order valence-electron chi connectivity index (χ3n) is 10.1. The molecule has 0 bridgehead atoms. The SMILES string of the molecule is CC/C=C\C/C=C\C/C=C\C/C=C\C/C=C\C/C=C\C/C=C\CCCCCCCCCCCCCCCCCCCC(=O)NC(CO)C(O)/C=C/CCCCC. The standard InChI is InChI=1S/C52H89NO3/c1-3-5-7-9-10-11-12-13-14-15-16-17-18-19-20-21-22-23-24-25-26-27-28-29-30-31-32-33-34-35-36-37-38-39-40-41-42-44-46-48-52(56)53-50(49-54)51(55)47-45-43-8-6-4-2/h5,7,10-11,13-14,16-17,19-20,22-23,25-26,45,47,50-51,54-55H,3-4,6,8-9,12,15,18,21,24,27-44,46,48-49H2,1-2H3,(H,53,56)/b7-5-,11-10-,14-13-,17-16-,20-19-,23-22-,26-25-,47-45+. The largest absolute Gasteiger partial charge is 0.394 e. The van der Waals surface area contributed by atoms with Gasteiger partial charge in [-0.3, -0.25) is 4.79 Å². The highest BCUT2D eigenvalue weighted by Crippen LogP contribution is 2.15. The van der Waals surface area contributed by atoms with Crippen molar-refractivity contribution in [2.24, 2.45) is 0 Å². The van der Waals surface area contributed by atoms with E-state index in [0.717, 1.165) is 70.6 Å². The lowest BCUT2D eigenvalue weighted by atomic mass is 10.0. The number of allylic oxidation sites excluding steroid dienone is 15. The van der Waals surface area contributed by atoms with Crippen LogP contribution >= 0.6 is 0 Å². The number of nitrogens with one attached hydrogen (secondary N) is 1. The van der Waals surface area contributed by atoms with E-state index in [-0.39, 0.29) is 12.5 Å². The van der Waals surface area contributed by atoms with Crippen molar-refractivity contribution < 1.29 is 15.0 Å². The maximum absolute atomic E-state index is 12.3. The van der Waals surface area contributed by atoms with Gasteiger partial charge in [0.15, 0.2) is 0 Å². The second kappa shape index (κ2) is 46.7. The summed E-state index contributed by atoms with van der Waals surface area (Å²) in [6.45, 7) is 4.08. The predicted octanol–water partition coefficient (Wildman–Crippen LogP) is 15.0. The van der Waals surface area contributed by atoms with E-state index in [1.165, 1.54) is 116 Å². The topological polar surface area (TPSA) is 69.6 Å². The summed E-state index contributed by atoms with van der Waals surface area (Å²) in [5, 5.41) is 22.6. The first kappa shape index (κ1) is 53.3. The first-order valence-electron chi connectivity index (χ1n) is 23.5. The van der Waals surface area contributed by atoms with Gasteiger partial charge >= 0.3 is 0 Å². The highest BCUT2D eigenvalue weighted by atomic mass is 16.3. The third kappa shape index (κ3) is 42.5. The van der Waals surface area contributed by atoms with Crippen molar-refractivity contribution in [3.8, 4) is 0 Å². The average Bonchev–Trinajstić information content (AvgIpc) is 3.20. The fraction of sp³-hybridized carbons (Fsp3) is 0.673. The van der Waals surface area contributed by atoms with Gasteiger partial charge in [0.05, 0.1) is 18.8 Å². The molecule has 4 nitrogen and oxygen atoms in total. The Morgan fingerprint density at radius 1 is 0.446 bits per heavy atom. The van der Waals surface area contributed by atoms with Crippen molar-refractivity contribution >= 4 is 5.91 Å². The van der Waals surface area contributed by atoms with Crippen LogP contribution in [0.2, 0.25) is 0 Å². The van der Waals surface area contributed by atoms with Gasteiger partial charge in [-0.1, -0.05) is 220 Å². The second-order valence-corrected chi connectivity index (χ2v) is 15.4. The molecule has 0 saturated carbocycles. The fourth-order valence-electron chi connectivity index (χ4n) is 6.51.